The fourth-order valence-electron chi connectivity index (χ4n) is 10.3. The van der Waals surface area contributed by atoms with E-state index in [2.05, 4.69) is 67.8 Å². The predicted octanol–water partition coefficient (Wildman–Crippen LogP) is 21.4. The maximum Gasteiger partial charge on any atom is 0.472 e. The van der Waals surface area contributed by atoms with Gasteiger partial charge in [-0.2, -0.15) is 0 Å². The average molecular weight is 1120 g/mol. The fraction of sp³-hybridized carbons (Fsp3) is 0.870. The van der Waals surface area contributed by atoms with E-state index in [-0.39, 0.29) is 19.1 Å². The number of nitrogens with zero attached hydrogens (tertiary/aromatic N) is 1. The van der Waals surface area contributed by atoms with E-state index < -0.39 is 20.0 Å². The Morgan fingerprint density at radius 1 is 0.449 bits per heavy atom. The number of phosphoric ester groups is 1. The van der Waals surface area contributed by atoms with Crippen LogP contribution in [-0.4, -0.2) is 73.4 Å². The summed E-state index contributed by atoms with van der Waals surface area (Å²) in [6, 6.07) is -0.761. The number of amides is 1. The maximum absolute atomic E-state index is 13.1. The van der Waals surface area contributed by atoms with Crippen molar-refractivity contribution in [3.8, 4) is 0 Å². The molecule has 0 saturated carbocycles. The molecule has 0 radical (unpaired) electrons. The van der Waals surface area contributed by atoms with Gasteiger partial charge in [-0.25, -0.2) is 4.57 Å². The molecule has 0 saturated heterocycles. The van der Waals surface area contributed by atoms with Gasteiger partial charge >= 0.3 is 7.82 Å². The van der Waals surface area contributed by atoms with Gasteiger partial charge in [0.25, 0.3) is 0 Å². The molecular formula is C69H134N2O6P+. The van der Waals surface area contributed by atoms with Crippen LogP contribution in [0.4, 0.5) is 0 Å². The van der Waals surface area contributed by atoms with E-state index in [9.17, 15) is 19.4 Å². The Bertz CT molecular complexity index is 1410. The average Bonchev–Trinajstić information content (AvgIpc) is 3.41. The zero-order valence-electron chi connectivity index (χ0n) is 52.7. The molecule has 0 aromatic heterocycles. The van der Waals surface area contributed by atoms with Crippen LogP contribution in [-0.2, 0) is 18.4 Å². The van der Waals surface area contributed by atoms with E-state index >= 15 is 0 Å². The lowest BCUT2D eigenvalue weighted by Crippen LogP contribution is -2.46. The van der Waals surface area contributed by atoms with Gasteiger partial charge in [0.1, 0.15) is 13.2 Å². The number of quaternary nitrogens is 1. The van der Waals surface area contributed by atoms with Gasteiger partial charge in [0, 0.05) is 6.42 Å². The summed E-state index contributed by atoms with van der Waals surface area (Å²) >= 11 is 0. The lowest BCUT2D eigenvalue weighted by molar-refractivity contribution is -0.870. The number of hydrogen-bond donors (Lipinski definition) is 3. The summed E-state index contributed by atoms with van der Waals surface area (Å²) in [5.41, 5.74) is 0. The molecule has 78 heavy (non-hydrogen) atoms. The van der Waals surface area contributed by atoms with E-state index in [1.54, 1.807) is 0 Å². The van der Waals surface area contributed by atoms with E-state index in [1.807, 2.05) is 21.1 Å². The van der Waals surface area contributed by atoms with Gasteiger partial charge in [0.15, 0.2) is 0 Å². The standard InChI is InChI=1S/C69H133N2O6P/c1-6-8-10-12-14-16-18-20-22-24-26-28-30-31-32-33-34-35-36-37-38-39-41-43-45-47-49-51-53-55-57-59-61-63-69(73)70-67(66-77-78(74,75)76-65-64-71(3,4)5)68(72)62-60-58-56-54-52-50-48-46-44-42-40-29-27-25-23-21-19-17-15-13-11-9-7-2/h8,10,14,16,20,22,26,28,67-68,72H,6-7,9,11-13,15,17-19,21,23-25,27,29-66H2,1-5H3,(H-,70,73,74,75)/p+1/b10-8-,16-14-,22-20-,28-26-. The zero-order chi connectivity index (χ0) is 57.0. The summed E-state index contributed by atoms with van der Waals surface area (Å²) in [5, 5.41) is 14.1. The Morgan fingerprint density at radius 3 is 1.13 bits per heavy atom. The second-order valence-corrected chi connectivity index (χ2v) is 26.0. The minimum Gasteiger partial charge on any atom is -0.391 e. The minimum atomic E-state index is -4.33. The number of aliphatic hydroxyl groups excluding tert-OH is 1. The second-order valence-electron chi connectivity index (χ2n) is 24.5. The highest BCUT2D eigenvalue weighted by molar-refractivity contribution is 7.47. The molecule has 0 spiro atoms. The van der Waals surface area contributed by atoms with Crippen LogP contribution < -0.4 is 5.32 Å². The van der Waals surface area contributed by atoms with E-state index in [0.29, 0.717) is 23.9 Å². The van der Waals surface area contributed by atoms with Crippen molar-refractivity contribution in [2.24, 2.45) is 0 Å². The predicted molar refractivity (Wildman–Crippen MR) is 341 cm³/mol. The number of aliphatic hydroxyl groups is 1. The van der Waals surface area contributed by atoms with Gasteiger partial charge in [-0.1, -0.05) is 326 Å². The highest BCUT2D eigenvalue weighted by Gasteiger charge is 2.28. The first-order valence-electron chi connectivity index (χ1n) is 34.0. The van der Waals surface area contributed by atoms with Crippen LogP contribution in [0.2, 0.25) is 0 Å². The second kappa shape index (κ2) is 60.1. The van der Waals surface area contributed by atoms with Crippen LogP contribution in [0, 0.1) is 0 Å². The molecule has 0 heterocycles. The van der Waals surface area contributed by atoms with Crippen molar-refractivity contribution < 1.29 is 32.9 Å². The highest BCUT2D eigenvalue weighted by Crippen LogP contribution is 2.43. The summed E-state index contributed by atoms with van der Waals surface area (Å²) in [6.45, 7) is 4.83. The summed E-state index contributed by atoms with van der Waals surface area (Å²) in [4.78, 5) is 23.4. The first-order chi connectivity index (χ1) is 38.0. The Balaban J connectivity index is 4.00. The number of allylic oxidation sites excluding steroid dienone is 8. The third-order valence-corrected chi connectivity index (χ3v) is 16.6. The summed E-state index contributed by atoms with van der Waals surface area (Å²) in [5.74, 6) is -0.138. The fourth-order valence-corrected chi connectivity index (χ4v) is 11.1. The monoisotopic (exact) mass is 1120 g/mol. The summed E-state index contributed by atoms with van der Waals surface area (Å²) in [7, 11) is 1.63. The topological polar surface area (TPSA) is 105 Å². The normalized spacial score (nSPS) is 14.0. The molecule has 0 bridgehead atoms. The van der Waals surface area contributed by atoms with Crippen molar-refractivity contribution >= 4 is 13.7 Å². The van der Waals surface area contributed by atoms with E-state index in [4.69, 9.17) is 9.05 Å². The van der Waals surface area contributed by atoms with Gasteiger partial charge in [0.2, 0.25) is 5.91 Å². The number of nitrogens with one attached hydrogen (secondary N) is 1. The molecule has 3 N–H and O–H groups in total. The van der Waals surface area contributed by atoms with Crippen molar-refractivity contribution in [1.29, 1.82) is 0 Å². The number of hydrogen-bond acceptors (Lipinski definition) is 5. The molecule has 3 atom stereocenters. The minimum absolute atomic E-state index is 0.0763. The van der Waals surface area contributed by atoms with E-state index in [1.165, 1.54) is 244 Å². The number of likely N-dealkylation sites (N-methyl/N-ethyl adjacent to an activating group) is 1. The van der Waals surface area contributed by atoms with Gasteiger partial charge in [0.05, 0.1) is 39.9 Å². The first-order valence-corrected chi connectivity index (χ1v) is 35.5. The largest absolute Gasteiger partial charge is 0.472 e. The molecule has 0 aliphatic rings. The zero-order valence-corrected chi connectivity index (χ0v) is 53.6. The number of rotatable bonds is 63. The molecule has 0 fully saturated rings. The van der Waals surface area contributed by atoms with Crippen molar-refractivity contribution in [2.75, 3.05) is 40.9 Å². The molecule has 460 valence electrons. The molecule has 0 aliphatic heterocycles. The molecule has 9 heteroatoms. The lowest BCUT2D eigenvalue weighted by atomic mass is 10.0. The number of unbranched alkanes of at least 4 members (excludes halogenated alkanes) is 42. The Kier molecular flexibility index (Phi) is 58.9. The highest BCUT2D eigenvalue weighted by atomic mass is 31.2. The molecule has 0 aromatic rings. The van der Waals surface area contributed by atoms with Crippen LogP contribution in [0.1, 0.15) is 335 Å². The quantitative estimate of drug-likeness (QED) is 0.0243. The van der Waals surface area contributed by atoms with Gasteiger partial charge in [-0.15, -0.1) is 0 Å². The molecule has 0 rings (SSSR count). The molecule has 8 nitrogen and oxygen atoms in total. The molecule has 3 unspecified atom stereocenters. The van der Waals surface area contributed by atoms with Crippen molar-refractivity contribution in [3.05, 3.63) is 48.6 Å². The summed E-state index contributed by atoms with van der Waals surface area (Å²) < 4.78 is 23.9. The van der Waals surface area contributed by atoms with Crippen LogP contribution in [0.15, 0.2) is 48.6 Å². The Hall–Kier alpha value is -1.54. The van der Waals surface area contributed by atoms with Crippen molar-refractivity contribution in [3.63, 3.8) is 0 Å². The Labute approximate surface area is 486 Å². The van der Waals surface area contributed by atoms with E-state index in [0.717, 1.165) is 64.2 Å². The van der Waals surface area contributed by atoms with Gasteiger partial charge in [-0.05, 0) is 51.4 Å². The number of phosphoric acid groups is 1. The Morgan fingerprint density at radius 2 is 0.769 bits per heavy atom. The molecular weight excluding hydrogens is 984 g/mol. The van der Waals surface area contributed by atoms with Crippen molar-refractivity contribution in [2.45, 2.75) is 347 Å². The van der Waals surface area contributed by atoms with Crippen LogP contribution in [0.25, 0.3) is 0 Å². The van der Waals surface area contributed by atoms with Gasteiger partial charge in [-0.3, -0.25) is 13.8 Å². The third-order valence-electron chi connectivity index (χ3n) is 15.6. The van der Waals surface area contributed by atoms with Crippen molar-refractivity contribution in [1.82, 2.24) is 5.32 Å². The SMILES string of the molecule is CC/C=C\C/C=C\C/C=C\C/C=C\CCCCCCCCCCCCCCCCCCCCCCC(=O)NC(COP(=O)(O)OCC[N+](C)(C)C)C(O)CCCCCCCCCCCCCCCCCCCCCCCCC. The molecule has 1 amide bonds. The summed E-state index contributed by atoms with van der Waals surface area (Å²) in [6.07, 6.45) is 80.6. The maximum atomic E-state index is 13.1. The first kappa shape index (κ1) is 76.5. The van der Waals surface area contributed by atoms with Crippen LogP contribution >= 0.6 is 7.82 Å². The third kappa shape index (κ3) is 62.1. The molecule has 0 aromatic carbocycles. The smallest absolute Gasteiger partial charge is 0.391 e. The van der Waals surface area contributed by atoms with Gasteiger partial charge < -0.3 is 19.8 Å². The number of carbonyl (C=O) groups excluding carboxylic acids is 1. The number of carbonyl (C=O) groups is 1. The molecule has 0 aliphatic carbocycles. The lowest BCUT2D eigenvalue weighted by Gasteiger charge is -2.26. The van der Waals surface area contributed by atoms with Crippen LogP contribution in [0.3, 0.4) is 0 Å². The van der Waals surface area contributed by atoms with Crippen LogP contribution in [0.5, 0.6) is 0 Å².